The molecule has 4 aliphatic rings. The molecule has 0 radical (unpaired) electrons. The molecule has 0 heterocycles. The maximum atomic E-state index is 2.54. The van der Waals surface area contributed by atoms with Gasteiger partial charge in [-0.1, -0.05) is 137 Å². The Balaban J connectivity index is 1.01. The molecular weight excluding hydrogens is 639 g/mol. The summed E-state index contributed by atoms with van der Waals surface area (Å²) < 4.78 is 0. The van der Waals surface area contributed by atoms with Gasteiger partial charge in [-0.2, -0.15) is 0 Å². The molecule has 3 unspecified atom stereocenters. The Bertz CT molecular complexity index is 2250. The number of hydrogen-bond acceptors (Lipinski definition) is 1. The fourth-order valence-electron chi connectivity index (χ4n) is 10.9. The fourth-order valence-corrected chi connectivity index (χ4v) is 10.9. The van der Waals surface area contributed by atoms with Crippen LogP contribution in [-0.4, -0.2) is 0 Å². The third kappa shape index (κ3) is 5.84. The van der Waals surface area contributed by atoms with Gasteiger partial charge in [-0.15, -0.1) is 0 Å². The zero-order valence-corrected chi connectivity index (χ0v) is 31.4. The van der Waals surface area contributed by atoms with Gasteiger partial charge in [-0.25, -0.2) is 0 Å². The number of fused-ring (bicyclic) bond motifs is 5. The van der Waals surface area contributed by atoms with Crippen molar-refractivity contribution >= 4 is 17.1 Å². The van der Waals surface area contributed by atoms with Gasteiger partial charge in [0.25, 0.3) is 0 Å². The number of nitrogens with zero attached hydrogens (tertiary/aromatic N) is 1. The SMILES string of the molecule is CC1(C)c2cc(-c3ccc(-c4ccccc4)cc3)ccc2-c2ccc(N(c3ccc(C4CC5CCC4C5)cc3)c3cccc(C4CCCCC4)c3)cc21. The molecule has 10 rings (SSSR count). The third-order valence-corrected chi connectivity index (χ3v) is 13.8. The van der Waals surface area contributed by atoms with Crippen LogP contribution in [0.1, 0.15) is 106 Å². The second-order valence-electron chi connectivity index (χ2n) is 17.2. The van der Waals surface area contributed by atoms with Crippen LogP contribution < -0.4 is 4.90 Å². The number of rotatable bonds is 7. The van der Waals surface area contributed by atoms with E-state index in [0.29, 0.717) is 5.92 Å². The molecule has 0 amide bonds. The zero-order valence-electron chi connectivity index (χ0n) is 31.4. The molecule has 1 nitrogen and oxygen atoms in total. The summed E-state index contributed by atoms with van der Waals surface area (Å²) in [6.45, 7) is 4.84. The molecule has 6 aromatic rings. The van der Waals surface area contributed by atoms with Crippen molar-refractivity contribution in [2.45, 2.75) is 88.9 Å². The molecule has 0 spiro atoms. The average Bonchev–Trinajstić information content (AvgIpc) is 3.92. The summed E-state index contributed by atoms with van der Waals surface area (Å²) in [5, 5.41) is 0. The van der Waals surface area contributed by atoms with Crippen molar-refractivity contribution in [2.24, 2.45) is 11.8 Å². The first kappa shape index (κ1) is 32.7. The first-order chi connectivity index (χ1) is 26.0. The van der Waals surface area contributed by atoms with Crippen molar-refractivity contribution in [3.63, 3.8) is 0 Å². The van der Waals surface area contributed by atoms with Gasteiger partial charge in [-0.3, -0.25) is 0 Å². The van der Waals surface area contributed by atoms with Crippen LogP contribution in [0.25, 0.3) is 33.4 Å². The normalized spacial score (nSPS) is 21.4. The van der Waals surface area contributed by atoms with Gasteiger partial charge in [0, 0.05) is 22.5 Å². The smallest absolute Gasteiger partial charge is 0.0465 e. The highest BCUT2D eigenvalue weighted by Gasteiger charge is 2.40. The van der Waals surface area contributed by atoms with E-state index in [2.05, 4.69) is 158 Å². The van der Waals surface area contributed by atoms with Gasteiger partial charge in [0.05, 0.1) is 0 Å². The van der Waals surface area contributed by atoms with Crippen LogP contribution in [0, 0.1) is 11.8 Å². The van der Waals surface area contributed by atoms with Crippen LogP contribution in [-0.2, 0) is 5.41 Å². The Morgan fingerprint density at radius 3 is 1.83 bits per heavy atom. The minimum atomic E-state index is -0.123. The average molecular weight is 690 g/mol. The van der Waals surface area contributed by atoms with Gasteiger partial charge < -0.3 is 4.90 Å². The molecule has 0 aromatic heterocycles. The summed E-state index contributed by atoms with van der Waals surface area (Å²) in [6, 6.07) is 53.4. The molecule has 0 aliphatic heterocycles. The largest absolute Gasteiger partial charge is 0.310 e. The molecular formula is C52H51N. The topological polar surface area (TPSA) is 3.24 Å². The quantitative estimate of drug-likeness (QED) is 0.161. The van der Waals surface area contributed by atoms with Gasteiger partial charge in [0.1, 0.15) is 0 Å². The molecule has 53 heavy (non-hydrogen) atoms. The number of benzene rings is 6. The third-order valence-electron chi connectivity index (χ3n) is 13.8. The summed E-state index contributed by atoms with van der Waals surface area (Å²) in [4.78, 5) is 2.54. The maximum Gasteiger partial charge on any atom is 0.0465 e. The van der Waals surface area contributed by atoms with E-state index >= 15 is 0 Å². The molecule has 3 atom stereocenters. The maximum absolute atomic E-state index is 2.54. The molecule has 3 fully saturated rings. The van der Waals surface area contributed by atoms with Gasteiger partial charge >= 0.3 is 0 Å². The highest BCUT2D eigenvalue weighted by Crippen LogP contribution is 2.54. The Kier molecular flexibility index (Phi) is 8.16. The molecule has 3 saturated carbocycles. The predicted octanol–water partition coefficient (Wildman–Crippen LogP) is 14.7. The molecule has 4 aliphatic carbocycles. The molecule has 1 heteroatoms. The summed E-state index contributed by atoms with van der Waals surface area (Å²) >= 11 is 0. The first-order valence-electron chi connectivity index (χ1n) is 20.4. The van der Waals surface area contributed by atoms with Crippen molar-refractivity contribution in [2.75, 3.05) is 4.90 Å². The van der Waals surface area contributed by atoms with Crippen molar-refractivity contribution in [1.82, 2.24) is 0 Å². The van der Waals surface area contributed by atoms with E-state index in [1.165, 1.54) is 125 Å². The Labute approximate surface area is 316 Å². The predicted molar refractivity (Wildman–Crippen MR) is 224 cm³/mol. The van der Waals surface area contributed by atoms with Gasteiger partial charge in [-0.05, 0) is 154 Å². The Morgan fingerprint density at radius 1 is 0.472 bits per heavy atom. The minimum absolute atomic E-state index is 0.123. The Morgan fingerprint density at radius 2 is 1.11 bits per heavy atom. The van der Waals surface area contributed by atoms with Crippen LogP contribution >= 0.6 is 0 Å². The molecule has 2 bridgehead atoms. The van der Waals surface area contributed by atoms with E-state index in [0.717, 1.165) is 17.8 Å². The van der Waals surface area contributed by atoms with E-state index in [9.17, 15) is 0 Å². The second kappa shape index (κ2) is 13.2. The van der Waals surface area contributed by atoms with Crippen LogP contribution in [0.3, 0.4) is 0 Å². The van der Waals surface area contributed by atoms with Crippen molar-refractivity contribution in [3.8, 4) is 33.4 Å². The number of anilines is 3. The lowest BCUT2D eigenvalue weighted by Gasteiger charge is -2.30. The summed E-state index contributed by atoms with van der Waals surface area (Å²) in [5.74, 6) is 3.27. The van der Waals surface area contributed by atoms with Crippen LogP contribution in [0.2, 0.25) is 0 Å². The Hall–Kier alpha value is -4.88. The van der Waals surface area contributed by atoms with E-state index in [-0.39, 0.29) is 5.41 Å². The monoisotopic (exact) mass is 689 g/mol. The lowest BCUT2D eigenvalue weighted by Crippen LogP contribution is -2.17. The van der Waals surface area contributed by atoms with E-state index in [1.807, 2.05) is 0 Å². The molecule has 6 aromatic carbocycles. The minimum Gasteiger partial charge on any atom is -0.310 e. The second-order valence-corrected chi connectivity index (χ2v) is 17.2. The summed E-state index contributed by atoms with van der Waals surface area (Å²) in [7, 11) is 0. The van der Waals surface area contributed by atoms with Crippen LogP contribution in [0.4, 0.5) is 17.1 Å². The lowest BCUT2D eigenvalue weighted by molar-refractivity contribution is 0.420. The van der Waals surface area contributed by atoms with Crippen LogP contribution in [0.15, 0.2) is 140 Å². The number of hydrogen-bond donors (Lipinski definition) is 0. The van der Waals surface area contributed by atoms with Gasteiger partial charge in [0.2, 0.25) is 0 Å². The van der Waals surface area contributed by atoms with Crippen molar-refractivity contribution < 1.29 is 0 Å². The highest BCUT2D eigenvalue weighted by molar-refractivity contribution is 5.87. The standard InChI is InChI=1S/C52H51N/c1-52(2)50-33-42(39-20-18-38(19-21-39)36-10-5-3-6-11-36)24-28-47(50)48-29-27-46(34-51(48)52)53(45-15-9-14-41(32-45)37-12-7-4-8-13-37)44-25-22-40(23-26-44)49-31-35-16-17-43(49)30-35/h3,5-6,9-11,14-15,18-29,32-35,37,43,49H,4,7-8,12-13,16-17,30-31H2,1-2H3. The molecule has 0 N–H and O–H groups in total. The fraction of sp³-hybridized carbons (Fsp3) is 0.308. The zero-order chi connectivity index (χ0) is 35.5. The summed E-state index contributed by atoms with van der Waals surface area (Å²) in [5.41, 5.74) is 17.3. The molecule has 0 saturated heterocycles. The van der Waals surface area contributed by atoms with Crippen LogP contribution in [0.5, 0.6) is 0 Å². The van der Waals surface area contributed by atoms with Gasteiger partial charge in [0.15, 0.2) is 0 Å². The molecule has 264 valence electrons. The van der Waals surface area contributed by atoms with E-state index in [4.69, 9.17) is 0 Å². The first-order valence-corrected chi connectivity index (χ1v) is 20.4. The van der Waals surface area contributed by atoms with Crippen molar-refractivity contribution in [3.05, 3.63) is 162 Å². The van der Waals surface area contributed by atoms with Crippen molar-refractivity contribution in [1.29, 1.82) is 0 Å². The van der Waals surface area contributed by atoms with E-state index in [1.54, 1.807) is 5.56 Å². The van der Waals surface area contributed by atoms with E-state index < -0.39 is 0 Å². The highest BCUT2D eigenvalue weighted by atomic mass is 15.1. The lowest BCUT2D eigenvalue weighted by atomic mass is 9.81. The summed E-state index contributed by atoms with van der Waals surface area (Å²) in [6.07, 6.45) is 12.4.